The van der Waals surface area contributed by atoms with Gasteiger partial charge in [0, 0.05) is 33.6 Å². The van der Waals surface area contributed by atoms with Crippen LogP contribution in [0.1, 0.15) is 32.6 Å². The summed E-state index contributed by atoms with van der Waals surface area (Å²) < 4.78 is 24.0. The van der Waals surface area contributed by atoms with Gasteiger partial charge in [-0.25, -0.2) is 0 Å². The lowest BCUT2D eigenvalue weighted by atomic mass is 10.1. The summed E-state index contributed by atoms with van der Waals surface area (Å²) in [5, 5.41) is 0. The second kappa shape index (κ2) is 8.17. The van der Waals surface area contributed by atoms with Gasteiger partial charge in [-0.3, -0.25) is 9.78 Å². The first-order valence-electron chi connectivity index (χ1n) is 9.72. The number of benzene rings is 2. The minimum Gasteiger partial charge on any atom is -0.488 e. The number of carbonyl (C=O) groups excluding carboxylic acids is 1. The van der Waals surface area contributed by atoms with Crippen molar-refractivity contribution in [2.24, 2.45) is 0 Å². The number of ether oxygens (including phenoxy) is 4. The van der Waals surface area contributed by atoms with Crippen molar-refractivity contribution >= 4 is 27.8 Å². The summed E-state index contributed by atoms with van der Waals surface area (Å²) in [7, 11) is 0. The predicted molar refractivity (Wildman–Crippen MR) is 117 cm³/mol. The first-order chi connectivity index (χ1) is 15.1. The maximum absolute atomic E-state index is 12.8. The maximum atomic E-state index is 12.8. The Hall–Kier alpha value is -3.16. The van der Waals surface area contributed by atoms with E-state index >= 15 is 0 Å². The molecule has 1 aromatic heterocycles. The number of ketones is 1. The Balaban J connectivity index is 1.40. The molecule has 2 aromatic carbocycles. The summed E-state index contributed by atoms with van der Waals surface area (Å²) in [6, 6.07) is 11.1. The molecule has 0 bridgehead atoms. The highest BCUT2D eigenvalue weighted by Gasteiger charge is 2.30. The molecular weight excluding hydrogens is 462 g/mol. The SMILES string of the molecule is Cc1c(OCc2cc(Br)cc3c2OCOC3)ccc2c1O/C(=C\c1ccncc1)C2=O. The van der Waals surface area contributed by atoms with Gasteiger partial charge >= 0.3 is 0 Å². The van der Waals surface area contributed by atoms with Gasteiger partial charge < -0.3 is 18.9 Å². The third-order valence-electron chi connectivity index (χ3n) is 5.18. The van der Waals surface area contributed by atoms with Gasteiger partial charge in [0.15, 0.2) is 12.6 Å². The summed E-state index contributed by atoms with van der Waals surface area (Å²) in [5.41, 5.74) is 4.05. The highest BCUT2D eigenvalue weighted by Crippen LogP contribution is 2.40. The number of allylic oxidation sites excluding steroid dienone is 1. The Bertz CT molecular complexity index is 1210. The van der Waals surface area contributed by atoms with Gasteiger partial charge in [0.1, 0.15) is 23.9 Å². The van der Waals surface area contributed by atoms with Gasteiger partial charge in [-0.05, 0) is 55.0 Å². The third-order valence-corrected chi connectivity index (χ3v) is 5.63. The van der Waals surface area contributed by atoms with Gasteiger partial charge in [0.2, 0.25) is 5.78 Å². The number of aromatic nitrogens is 1. The molecule has 0 atom stereocenters. The van der Waals surface area contributed by atoms with Crippen LogP contribution in [0.2, 0.25) is 0 Å². The average molecular weight is 480 g/mol. The molecule has 0 saturated heterocycles. The van der Waals surface area contributed by atoms with Crippen LogP contribution in [0.4, 0.5) is 0 Å². The van der Waals surface area contributed by atoms with E-state index in [1.165, 1.54) is 0 Å². The van der Waals surface area contributed by atoms with E-state index in [9.17, 15) is 4.79 Å². The minimum absolute atomic E-state index is 0.143. The quantitative estimate of drug-likeness (QED) is 0.478. The summed E-state index contributed by atoms with van der Waals surface area (Å²) in [6.45, 7) is 2.93. The van der Waals surface area contributed by atoms with Gasteiger partial charge in [0.25, 0.3) is 0 Å². The molecule has 5 rings (SSSR count). The smallest absolute Gasteiger partial charge is 0.231 e. The molecular formula is C24H18BrNO5. The number of Topliss-reactive ketones (excluding diaryl/α,β-unsaturated/α-hetero) is 1. The number of halogens is 1. The number of rotatable bonds is 4. The van der Waals surface area contributed by atoms with E-state index in [2.05, 4.69) is 20.9 Å². The van der Waals surface area contributed by atoms with Crippen LogP contribution < -0.4 is 14.2 Å². The van der Waals surface area contributed by atoms with E-state index < -0.39 is 0 Å². The molecule has 2 aliphatic heterocycles. The van der Waals surface area contributed by atoms with Gasteiger partial charge in [-0.2, -0.15) is 0 Å². The number of hydrogen-bond acceptors (Lipinski definition) is 6. The molecule has 2 aliphatic rings. The second-order valence-electron chi connectivity index (χ2n) is 7.24. The molecule has 0 aliphatic carbocycles. The number of carbonyl (C=O) groups is 1. The zero-order chi connectivity index (χ0) is 21.4. The standard InChI is InChI=1S/C24H18BrNO5/c1-14-20(29-12-17-10-18(25)9-16-11-28-13-30-24(16)17)3-2-19-22(27)21(31-23(14)19)8-15-4-6-26-7-5-15/h2-10H,11-13H2,1H3/b21-8-. The maximum Gasteiger partial charge on any atom is 0.231 e. The number of pyridine rings is 1. The van der Waals surface area contributed by atoms with Crippen molar-refractivity contribution in [2.75, 3.05) is 6.79 Å². The van der Waals surface area contributed by atoms with E-state index in [4.69, 9.17) is 18.9 Å². The van der Waals surface area contributed by atoms with Crippen molar-refractivity contribution in [3.63, 3.8) is 0 Å². The Kier molecular flexibility index (Phi) is 5.21. The van der Waals surface area contributed by atoms with Gasteiger partial charge in [0.05, 0.1) is 12.2 Å². The molecule has 0 saturated carbocycles. The monoisotopic (exact) mass is 479 g/mol. The third kappa shape index (κ3) is 3.82. The lowest BCUT2D eigenvalue weighted by Crippen LogP contribution is -2.14. The van der Waals surface area contributed by atoms with Crippen molar-refractivity contribution in [2.45, 2.75) is 20.1 Å². The van der Waals surface area contributed by atoms with E-state index in [0.717, 1.165) is 32.5 Å². The summed E-state index contributed by atoms with van der Waals surface area (Å²) in [4.78, 5) is 16.8. The van der Waals surface area contributed by atoms with Crippen molar-refractivity contribution in [3.05, 3.63) is 86.8 Å². The molecule has 156 valence electrons. The Morgan fingerprint density at radius 2 is 2.00 bits per heavy atom. The predicted octanol–water partition coefficient (Wildman–Crippen LogP) is 5.21. The van der Waals surface area contributed by atoms with Crippen molar-refractivity contribution in [1.29, 1.82) is 0 Å². The van der Waals surface area contributed by atoms with Crippen LogP contribution in [0.3, 0.4) is 0 Å². The molecule has 6 nitrogen and oxygen atoms in total. The fourth-order valence-electron chi connectivity index (χ4n) is 3.65. The number of nitrogens with zero attached hydrogens (tertiary/aromatic N) is 1. The average Bonchev–Trinajstić information content (AvgIpc) is 3.10. The highest BCUT2D eigenvalue weighted by molar-refractivity contribution is 9.10. The van der Waals surface area contributed by atoms with Crippen molar-refractivity contribution in [3.8, 4) is 17.2 Å². The summed E-state index contributed by atoms with van der Waals surface area (Å²) in [6.07, 6.45) is 5.07. The minimum atomic E-state index is -0.143. The normalized spacial score (nSPS) is 15.8. The highest BCUT2D eigenvalue weighted by atomic mass is 79.9. The van der Waals surface area contributed by atoms with Crippen LogP contribution in [-0.4, -0.2) is 17.6 Å². The zero-order valence-electron chi connectivity index (χ0n) is 16.7. The summed E-state index contributed by atoms with van der Waals surface area (Å²) in [5.74, 6) is 2.12. The van der Waals surface area contributed by atoms with E-state index in [0.29, 0.717) is 30.3 Å². The topological polar surface area (TPSA) is 66.9 Å². The molecule has 3 heterocycles. The molecule has 7 heteroatoms. The Morgan fingerprint density at radius 3 is 2.84 bits per heavy atom. The van der Waals surface area contributed by atoms with E-state index in [-0.39, 0.29) is 18.3 Å². The molecule has 31 heavy (non-hydrogen) atoms. The van der Waals surface area contributed by atoms with Crippen LogP contribution in [0.25, 0.3) is 6.08 Å². The number of fused-ring (bicyclic) bond motifs is 2. The van der Waals surface area contributed by atoms with Crippen molar-refractivity contribution < 1.29 is 23.7 Å². The molecule has 0 unspecified atom stereocenters. The molecule has 0 amide bonds. The van der Waals surface area contributed by atoms with Gasteiger partial charge in [-0.15, -0.1) is 0 Å². The van der Waals surface area contributed by atoms with Crippen LogP contribution >= 0.6 is 15.9 Å². The van der Waals surface area contributed by atoms with E-state index in [1.54, 1.807) is 30.6 Å². The largest absolute Gasteiger partial charge is 0.488 e. The molecule has 0 N–H and O–H groups in total. The zero-order valence-corrected chi connectivity index (χ0v) is 18.3. The Labute approximate surface area is 187 Å². The Morgan fingerprint density at radius 1 is 1.16 bits per heavy atom. The van der Waals surface area contributed by atoms with Crippen LogP contribution in [-0.2, 0) is 18.0 Å². The second-order valence-corrected chi connectivity index (χ2v) is 8.15. The first-order valence-corrected chi connectivity index (χ1v) is 10.5. The van der Waals surface area contributed by atoms with Crippen LogP contribution in [0.5, 0.6) is 17.2 Å². The molecule has 0 radical (unpaired) electrons. The fourth-order valence-corrected chi connectivity index (χ4v) is 4.21. The van der Waals surface area contributed by atoms with Crippen LogP contribution in [0.15, 0.2) is 59.0 Å². The van der Waals surface area contributed by atoms with E-state index in [1.807, 2.05) is 31.2 Å². The molecule has 0 fully saturated rings. The van der Waals surface area contributed by atoms with Crippen molar-refractivity contribution in [1.82, 2.24) is 4.98 Å². The first kappa shape index (κ1) is 19.8. The lowest BCUT2D eigenvalue weighted by molar-refractivity contribution is -0.0176. The fraction of sp³-hybridized carbons (Fsp3) is 0.167. The van der Waals surface area contributed by atoms with Gasteiger partial charge in [-0.1, -0.05) is 15.9 Å². The summed E-state index contributed by atoms with van der Waals surface area (Å²) >= 11 is 3.53. The molecule has 3 aromatic rings. The molecule has 0 spiro atoms. The number of hydrogen-bond donors (Lipinski definition) is 0. The lowest BCUT2D eigenvalue weighted by Gasteiger charge is -2.21. The van der Waals surface area contributed by atoms with Crippen LogP contribution in [0, 0.1) is 6.92 Å².